The van der Waals surface area contributed by atoms with Gasteiger partial charge in [0.1, 0.15) is 12.0 Å². The third kappa shape index (κ3) is 2.30. The molecule has 0 aromatic heterocycles. The Labute approximate surface area is 105 Å². The van der Waals surface area contributed by atoms with Gasteiger partial charge in [0.05, 0.1) is 12.7 Å². The van der Waals surface area contributed by atoms with Gasteiger partial charge < -0.3 is 4.74 Å². The summed E-state index contributed by atoms with van der Waals surface area (Å²) in [5.74, 6) is 0.311. The molecule has 0 spiro atoms. The van der Waals surface area contributed by atoms with Crippen molar-refractivity contribution < 1.29 is 14.3 Å². The molecule has 0 aliphatic heterocycles. The largest absolute Gasteiger partial charge is 0.496 e. The molecule has 18 heavy (non-hydrogen) atoms. The van der Waals surface area contributed by atoms with Gasteiger partial charge in [-0.2, -0.15) is 0 Å². The normalized spacial score (nSPS) is 9.83. The van der Waals surface area contributed by atoms with E-state index >= 15 is 0 Å². The van der Waals surface area contributed by atoms with Crippen LogP contribution in [-0.2, 0) is 0 Å². The number of methoxy groups -OCH3 is 1. The Hall–Kier alpha value is -2.42. The molecule has 0 saturated carbocycles. The van der Waals surface area contributed by atoms with Gasteiger partial charge in [-0.25, -0.2) is 0 Å². The smallest absolute Gasteiger partial charge is 0.196 e. The zero-order valence-corrected chi connectivity index (χ0v) is 9.92. The van der Waals surface area contributed by atoms with Crippen LogP contribution in [0.4, 0.5) is 0 Å². The molecule has 2 rings (SSSR count). The van der Waals surface area contributed by atoms with E-state index in [1.807, 2.05) is 6.07 Å². The van der Waals surface area contributed by atoms with Crippen molar-refractivity contribution in [3.63, 3.8) is 0 Å². The van der Waals surface area contributed by atoms with E-state index in [1.54, 1.807) is 42.5 Å². The predicted molar refractivity (Wildman–Crippen MR) is 68.3 cm³/mol. The van der Waals surface area contributed by atoms with Gasteiger partial charge in [0.15, 0.2) is 5.78 Å². The molecule has 0 radical (unpaired) electrons. The molecule has 0 bridgehead atoms. The first-order chi connectivity index (χ1) is 8.76. The summed E-state index contributed by atoms with van der Waals surface area (Å²) in [7, 11) is 1.50. The van der Waals surface area contributed by atoms with Gasteiger partial charge in [0, 0.05) is 11.1 Å². The fourth-order valence-corrected chi connectivity index (χ4v) is 1.72. The van der Waals surface area contributed by atoms with Crippen molar-refractivity contribution >= 4 is 12.1 Å². The Balaban J connectivity index is 2.49. The average Bonchev–Trinajstić information content (AvgIpc) is 2.46. The van der Waals surface area contributed by atoms with Crippen LogP contribution in [0.15, 0.2) is 48.5 Å². The van der Waals surface area contributed by atoms with Crippen LogP contribution in [-0.4, -0.2) is 19.2 Å². The Kier molecular flexibility index (Phi) is 3.53. The maximum Gasteiger partial charge on any atom is 0.196 e. The van der Waals surface area contributed by atoms with Gasteiger partial charge in [-0.05, 0) is 18.2 Å². The molecule has 0 amide bonds. The Morgan fingerprint density at radius 3 is 2.44 bits per heavy atom. The van der Waals surface area contributed by atoms with Crippen molar-refractivity contribution in [3.05, 3.63) is 65.2 Å². The summed E-state index contributed by atoms with van der Waals surface area (Å²) in [6, 6.07) is 13.7. The van der Waals surface area contributed by atoms with Crippen molar-refractivity contribution in [3.8, 4) is 5.75 Å². The molecular weight excluding hydrogens is 228 g/mol. The maximum absolute atomic E-state index is 12.3. The van der Waals surface area contributed by atoms with Crippen LogP contribution in [0.3, 0.4) is 0 Å². The lowest BCUT2D eigenvalue weighted by Crippen LogP contribution is -2.04. The van der Waals surface area contributed by atoms with Crippen LogP contribution >= 0.6 is 0 Å². The quantitative estimate of drug-likeness (QED) is 0.609. The average molecular weight is 240 g/mol. The summed E-state index contributed by atoms with van der Waals surface area (Å²) < 4.78 is 5.15. The highest BCUT2D eigenvalue weighted by molar-refractivity contribution is 6.11. The molecule has 0 saturated heterocycles. The highest BCUT2D eigenvalue weighted by Gasteiger charge is 2.14. The highest BCUT2D eigenvalue weighted by Crippen LogP contribution is 2.22. The molecule has 3 heteroatoms. The van der Waals surface area contributed by atoms with Crippen molar-refractivity contribution in [2.75, 3.05) is 7.11 Å². The van der Waals surface area contributed by atoms with Crippen molar-refractivity contribution in [1.82, 2.24) is 0 Å². The molecule has 0 heterocycles. The predicted octanol–water partition coefficient (Wildman–Crippen LogP) is 2.74. The summed E-state index contributed by atoms with van der Waals surface area (Å²) in [5.41, 5.74) is 1.42. The minimum atomic E-state index is -0.156. The zero-order chi connectivity index (χ0) is 13.0. The highest BCUT2D eigenvalue weighted by atomic mass is 16.5. The fraction of sp³-hybridized carbons (Fsp3) is 0.0667. The van der Waals surface area contributed by atoms with Crippen molar-refractivity contribution in [1.29, 1.82) is 0 Å². The van der Waals surface area contributed by atoms with Crippen LogP contribution in [0.25, 0.3) is 0 Å². The first kappa shape index (κ1) is 12.0. The lowest BCUT2D eigenvalue weighted by molar-refractivity contribution is 0.103. The van der Waals surface area contributed by atoms with E-state index in [-0.39, 0.29) is 5.78 Å². The second-order valence-corrected chi connectivity index (χ2v) is 3.77. The van der Waals surface area contributed by atoms with Gasteiger partial charge in [-0.15, -0.1) is 0 Å². The third-order valence-corrected chi connectivity index (χ3v) is 2.64. The molecule has 0 aliphatic rings. The Morgan fingerprint density at radius 1 is 1.11 bits per heavy atom. The van der Waals surface area contributed by atoms with Gasteiger partial charge in [0.2, 0.25) is 0 Å². The van der Waals surface area contributed by atoms with E-state index in [0.29, 0.717) is 28.7 Å². The summed E-state index contributed by atoms with van der Waals surface area (Å²) >= 11 is 0. The number of hydrogen-bond acceptors (Lipinski definition) is 3. The van der Waals surface area contributed by atoms with Crippen LogP contribution in [0.5, 0.6) is 5.75 Å². The van der Waals surface area contributed by atoms with Crippen LogP contribution < -0.4 is 4.74 Å². The molecule has 2 aromatic rings. The van der Waals surface area contributed by atoms with Gasteiger partial charge >= 0.3 is 0 Å². The monoisotopic (exact) mass is 240 g/mol. The minimum absolute atomic E-state index is 0.156. The van der Waals surface area contributed by atoms with Crippen molar-refractivity contribution in [2.24, 2.45) is 0 Å². The minimum Gasteiger partial charge on any atom is -0.496 e. The number of carbonyl (C=O) groups is 2. The molecule has 0 unspecified atom stereocenters. The molecule has 0 atom stereocenters. The number of rotatable bonds is 4. The van der Waals surface area contributed by atoms with Gasteiger partial charge in [0.25, 0.3) is 0 Å². The van der Waals surface area contributed by atoms with E-state index in [4.69, 9.17) is 4.74 Å². The number of carbonyl (C=O) groups excluding carboxylic acids is 2. The lowest BCUT2D eigenvalue weighted by atomic mass is 10.0. The Bertz CT molecular complexity index is 574. The first-order valence-electron chi connectivity index (χ1n) is 5.49. The molecule has 0 N–H and O–H groups in total. The van der Waals surface area contributed by atoms with E-state index in [1.165, 1.54) is 7.11 Å². The summed E-state index contributed by atoms with van der Waals surface area (Å²) in [5, 5.41) is 0. The molecule has 90 valence electrons. The van der Waals surface area contributed by atoms with Gasteiger partial charge in [-0.3, -0.25) is 9.59 Å². The third-order valence-electron chi connectivity index (χ3n) is 2.64. The molecular formula is C15H12O3. The van der Waals surface area contributed by atoms with Crippen LogP contribution in [0.2, 0.25) is 0 Å². The molecule has 3 nitrogen and oxygen atoms in total. The van der Waals surface area contributed by atoms with Gasteiger partial charge in [-0.1, -0.05) is 30.3 Å². The number of benzene rings is 2. The van der Waals surface area contributed by atoms with E-state index in [2.05, 4.69) is 0 Å². The molecule has 0 aliphatic carbocycles. The molecule has 0 fully saturated rings. The van der Waals surface area contributed by atoms with E-state index in [9.17, 15) is 9.59 Å². The second kappa shape index (κ2) is 5.27. The Morgan fingerprint density at radius 2 is 1.83 bits per heavy atom. The number of ether oxygens (including phenoxy) is 1. The maximum atomic E-state index is 12.3. The summed E-state index contributed by atoms with van der Waals surface area (Å²) in [4.78, 5) is 23.1. The zero-order valence-electron chi connectivity index (χ0n) is 9.92. The van der Waals surface area contributed by atoms with Crippen LogP contribution in [0.1, 0.15) is 26.3 Å². The standard InChI is InChI=1S/C15H12O3/c1-18-14-8-7-11(10-16)9-13(14)15(17)12-5-3-2-4-6-12/h2-10H,1H3. The fourth-order valence-electron chi connectivity index (χ4n) is 1.72. The summed E-state index contributed by atoms with van der Waals surface area (Å²) in [6.07, 6.45) is 0.710. The number of hydrogen-bond donors (Lipinski definition) is 0. The first-order valence-corrected chi connectivity index (χ1v) is 5.49. The van der Waals surface area contributed by atoms with E-state index < -0.39 is 0 Å². The number of ketones is 1. The lowest BCUT2D eigenvalue weighted by Gasteiger charge is -2.08. The topological polar surface area (TPSA) is 43.4 Å². The second-order valence-electron chi connectivity index (χ2n) is 3.77. The van der Waals surface area contributed by atoms with E-state index in [0.717, 1.165) is 0 Å². The number of aldehydes is 1. The van der Waals surface area contributed by atoms with Crippen LogP contribution in [0, 0.1) is 0 Å². The SMILES string of the molecule is COc1ccc(C=O)cc1C(=O)c1ccccc1. The molecule has 2 aromatic carbocycles. The van der Waals surface area contributed by atoms with Crippen molar-refractivity contribution in [2.45, 2.75) is 0 Å². The summed E-state index contributed by atoms with van der Waals surface area (Å²) in [6.45, 7) is 0.